The zero-order chi connectivity index (χ0) is 18.9. The molecular formula is C16H21N5O3S2. The summed E-state index contributed by atoms with van der Waals surface area (Å²) in [5, 5.41) is 16.8. The van der Waals surface area contributed by atoms with Crippen molar-refractivity contribution in [1.29, 1.82) is 0 Å². The Kier molecular flexibility index (Phi) is 7.67. The van der Waals surface area contributed by atoms with Crippen molar-refractivity contribution in [2.75, 3.05) is 18.2 Å². The third-order valence-corrected chi connectivity index (χ3v) is 5.27. The molecule has 2 aromatic rings. The molecule has 0 unspecified atom stereocenters. The van der Waals surface area contributed by atoms with E-state index in [1.54, 1.807) is 7.11 Å². The van der Waals surface area contributed by atoms with Crippen molar-refractivity contribution in [2.45, 2.75) is 30.6 Å². The maximum atomic E-state index is 11.8. The number of carbonyl (C=O) groups is 2. The predicted octanol–water partition coefficient (Wildman–Crippen LogP) is 3.01. The fraction of sp³-hybridized carbons (Fsp3) is 0.375. The molecule has 0 saturated heterocycles. The van der Waals surface area contributed by atoms with E-state index in [1.165, 1.54) is 23.1 Å². The molecule has 10 heteroatoms. The molecule has 1 aromatic heterocycles. The number of carbonyl (C=O) groups excluding carboxylic acids is 2. The van der Waals surface area contributed by atoms with E-state index < -0.39 is 6.03 Å². The molecule has 1 atom stereocenters. The highest BCUT2D eigenvalue weighted by atomic mass is 32.2. The van der Waals surface area contributed by atoms with Crippen LogP contribution >= 0.6 is 23.1 Å². The summed E-state index contributed by atoms with van der Waals surface area (Å²) in [5.74, 6) is 0.441. The Bertz CT molecular complexity index is 753. The van der Waals surface area contributed by atoms with Crippen LogP contribution in [0.3, 0.4) is 0 Å². The fourth-order valence-corrected chi connectivity index (χ4v) is 3.37. The van der Waals surface area contributed by atoms with Crippen LogP contribution in [0.2, 0.25) is 0 Å². The Labute approximate surface area is 160 Å². The Hall–Kier alpha value is -2.33. The average Bonchev–Trinajstić information content (AvgIpc) is 3.07. The quantitative estimate of drug-likeness (QED) is 0.590. The van der Waals surface area contributed by atoms with Crippen LogP contribution in [-0.2, 0) is 4.79 Å². The van der Waals surface area contributed by atoms with E-state index in [4.69, 9.17) is 4.74 Å². The van der Waals surface area contributed by atoms with Crippen molar-refractivity contribution < 1.29 is 14.3 Å². The Morgan fingerprint density at radius 2 is 2.15 bits per heavy atom. The normalized spacial score (nSPS) is 11.5. The standard InChI is InChI=1S/C16H21N5O3S2/c1-4-10(2)17-14(23)19-13(22)9-25-16-21-20-15(26-16)18-11-6-5-7-12(8-11)24-3/h5-8,10H,4,9H2,1-3H3,(H,18,20)(H2,17,19,22,23)/t10-/m0/s1. The lowest BCUT2D eigenvalue weighted by Crippen LogP contribution is -2.43. The molecule has 0 fully saturated rings. The van der Waals surface area contributed by atoms with Gasteiger partial charge in [0.25, 0.3) is 0 Å². The second-order valence-electron chi connectivity index (χ2n) is 5.35. The lowest BCUT2D eigenvalue weighted by atomic mass is 10.3. The number of benzene rings is 1. The molecule has 3 amide bonds. The van der Waals surface area contributed by atoms with Crippen molar-refractivity contribution in [3.63, 3.8) is 0 Å². The summed E-state index contributed by atoms with van der Waals surface area (Å²) >= 11 is 2.55. The smallest absolute Gasteiger partial charge is 0.321 e. The van der Waals surface area contributed by atoms with Crippen LogP contribution < -0.4 is 20.7 Å². The van der Waals surface area contributed by atoms with Crippen molar-refractivity contribution in [3.8, 4) is 5.75 Å². The van der Waals surface area contributed by atoms with Gasteiger partial charge in [-0.05, 0) is 25.5 Å². The lowest BCUT2D eigenvalue weighted by molar-refractivity contribution is -0.117. The molecule has 2 rings (SSSR count). The van der Waals surface area contributed by atoms with E-state index >= 15 is 0 Å². The third kappa shape index (κ3) is 6.52. The Morgan fingerprint density at radius 3 is 2.88 bits per heavy atom. The number of urea groups is 1. The number of nitrogens with zero attached hydrogens (tertiary/aromatic N) is 2. The van der Waals surface area contributed by atoms with Gasteiger partial charge in [-0.15, -0.1) is 10.2 Å². The molecule has 3 N–H and O–H groups in total. The summed E-state index contributed by atoms with van der Waals surface area (Å²) < 4.78 is 5.80. The maximum Gasteiger partial charge on any atom is 0.321 e. The zero-order valence-electron chi connectivity index (χ0n) is 14.7. The van der Waals surface area contributed by atoms with E-state index in [2.05, 4.69) is 26.1 Å². The van der Waals surface area contributed by atoms with Crippen LogP contribution in [0.25, 0.3) is 0 Å². The molecule has 26 heavy (non-hydrogen) atoms. The highest BCUT2D eigenvalue weighted by molar-refractivity contribution is 8.01. The molecule has 0 bridgehead atoms. The first-order valence-electron chi connectivity index (χ1n) is 7.98. The minimum atomic E-state index is -0.484. The lowest BCUT2D eigenvalue weighted by Gasteiger charge is -2.11. The van der Waals surface area contributed by atoms with Gasteiger partial charge in [-0.25, -0.2) is 4.79 Å². The molecule has 0 aliphatic carbocycles. The molecule has 0 aliphatic rings. The second-order valence-corrected chi connectivity index (χ2v) is 7.55. The molecule has 0 aliphatic heterocycles. The van der Waals surface area contributed by atoms with Gasteiger partial charge in [0.2, 0.25) is 11.0 Å². The average molecular weight is 396 g/mol. The number of ether oxygens (including phenoxy) is 1. The van der Waals surface area contributed by atoms with Crippen LogP contribution in [0.1, 0.15) is 20.3 Å². The first-order valence-corrected chi connectivity index (χ1v) is 9.78. The SMILES string of the molecule is CC[C@H](C)NC(=O)NC(=O)CSc1nnc(Nc2cccc(OC)c2)s1. The molecule has 1 aromatic carbocycles. The van der Waals surface area contributed by atoms with Crippen LogP contribution in [0, 0.1) is 0 Å². The predicted molar refractivity (Wildman–Crippen MR) is 103 cm³/mol. The number of anilines is 2. The van der Waals surface area contributed by atoms with Gasteiger partial charge in [0.05, 0.1) is 12.9 Å². The molecule has 0 saturated carbocycles. The summed E-state index contributed by atoms with van der Waals surface area (Å²) in [5.41, 5.74) is 0.830. The number of aromatic nitrogens is 2. The number of imide groups is 1. The highest BCUT2D eigenvalue weighted by Gasteiger charge is 2.12. The monoisotopic (exact) mass is 395 g/mol. The molecule has 140 valence electrons. The van der Waals surface area contributed by atoms with Crippen LogP contribution in [-0.4, -0.2) is 41.0 Å². The molecule has 0 spiro atoms. The van der Waals surface area contributed by atoms with E-state index in [0.717, 1.165) is 17.9 Å². The number of amides is 3. The summed E-state index contributed by atoms with van der Waals surface area (Å²) in [4.78, 5) is 23.4. The van der Waals surface area contributed by atoms with Crippen LogP contribution in [0.5, 0.6) is 5.75 Å². The molecule has 0 radical (unpaired) electrons. The van der Waals surface area contributed by atoms with Crippen molar-refractivity contribution >= 4 is 45.9 Å². The highest BCUT2D eigenvalue weighted by Crippen LogP contribution is 2.28. The van der Waals surface area contributed by atoms with Gasteiger partial charge in [-0.2, -0.15) is 0 Å². The maximum absolute atomic E-state index is 11.8. The minimum Gasteiger partial charge on any atom is -0.497 e. The molecule has 8 nitrogen and oxygen atoms in total. The van der Waals surface area contributed by atoms with Gasteiger partial charge in [0.15, 0.2) is 4.34 Å². The topological polar surface area (TPSA) is 105 Å². The molecule has 1 heterocycles. The Balaban J connectivity index is 1.80. The van der Waals surface area contributed by atoms with Gasteiger partial charge in [0, 0.05) is 17.8 Å². The van der Waals surface area contributed by atoms with E-state index in [9.17, 15) is 9.59 Å². The van der Waals surface area contributed by atoms with Crippen molar-refractivity contribution in [3.05, 3.63) is 24.3 Å². The van der Waals surface area contributed by atoms with Gasteiger partial charge in [-0.1, -0.05) is 36.1 Å². The summed E-state index contributed by atoms with van der Waals surface area (Å²) in [6.45, 7) is 3.83. The fourth-order valence-electron chi connectivity index (χ4n) is 1.79. The summed E-state index contributed by atoms with van der Waals surface area (Å²) in [7, 11) is 1.60. The number of hydrogen-bond acceptors (Lipinski definition) is 8. The van der Waals surface area contributed by atoms with Crippen LogP contribution in [0.4, 0.5) is 15.6 Å². The minimum absolute atomic E-state index is 0.0175. The third-order valence-electron chi connectivity index (χ3n) is 3.30. The van der Waals surface area contributed by atoms with E-state index in [1.807, 2.05) is 38.1 Å². The first kappa shape index (κ1) is 20.0. The number of hydrogen-bond donors (Lipinski definition) is 3. The zero-order valence-corrected chi connectivity index (χ0v) is 16.4. The van der Waals surface area contributed by atoms with Crippen molar-refractivity contribution in [1.82, 2.24) is 20.8 Å². The number of nitrogens with one attached hydrogen (secondary N) is 3. The summed E-state index contributed by atoms with van der Waals surface area (Å²) in [6, 6.07) is 6.99. The number of methoxy groups -OCH3 is 1. The van der Waals surface area contributed by atoms with Gasteiger partial charge >= 0.3 is 6.03 Å². The van der Waals surface area contributed by atoms with Gasteiger partial charge < -0.3 is 15.4 Å². The van der Waals surface area contributed by atoms with Crippen LogP contribution in [0.15, 0.2) is 28.6 Å². The summed E-state index contributed by atoms with van der Waals surface area (Å²) in [6.07, 6.45) is 0.796. The van der Waals surface area contributed by atoms with Gasteiger partial charge in [-0.3, -0.25) is 10.1 Å². The largest absolute Gasteiger partial charge is 0.497 e. The number of thioether (sulfide) groups is 1. The second kappa shape index (κ2) is 9.97. The first-order chi connectivity index (χ1) is 12.5. The van der Waals surface area contributed by atoms with Crippen molar-refractivity contribution in [2.24, 2.45) is 0 Å². The van der Waals surface area contributed by atoms with E-state index in [-0.39, 0.29) is 17.7 Å². The van der Waals surface area contributed by atoms with E-state index in [0.29, 0.717) is 9.47 Å². The van der Waals surface area contributed by atoms with Gasteiger partial charge in [0.1, 0.15) is 5.75 Å². The number of rotatable bonds is 8. The Morgan fingerprint density at radius 1 is 1.35 bits per heavy atom. The molecular weight excluding hydrogens is 374 g/mol.